The molecule has 1 amide bonds. The average Bonchev–Trinajstić information content (AvgIpc) is 3.02. The number of nitrogens with zero attached hydrogens (tertiary/aromatic N) is 2. The Hall–Kier alpha value is -2.51. The molecule has 0 saturated carbocycles. The summed E-state index contributed by atoms with van der Waals surface area (Å²) < 4.78 is 47.5. The van der Waals surface area contributed by atoms with Crippen LogP contribution in [0.4, 0.5) is 13.2 Å². The monoisotopic (exact) mass is 383 g/mol. The van der Waals surface area contributed by atoms with Crippen molar-refractivity contribution in [2.75, 3.05) is 7.11 Å². The van der Waals surface area contributed by atoms with Gasteiger partial charge in [0.1, 0.15) is 6.04 Å². The zero-order valence-corrected chi connectivity index (χ0v) is 15.8. The normalized spacial score (nSPS) is 12.5. The number of rotatable bonds is 8. The van der Waals surface area contributed by atoms with Crippen LogP contribution in [0.5, 0.6) is 5.75 Å². The molecule has 0 fully saturated rings. The average molecular weight is 383 g/mol. The Morgan fingerprint density at radius 2 is 1.96 bits per heavy atom. The van der Waals surface area contributed by atoms with E-state index in [9.17, 15) is 18.0 Å². The molecule has 5 nitrogen and oxygen atoms in total. The van der Waals surface area contributed by atoms with Crippen molar-refractivity contribution in [2.45, 2.75) is 52.1 Å². The number of amides is 1. The first-order valence-electron chi connectivity index (χ1n) is 8.80. The number of benzene rings is 1. The van der Waals surface area contributed by atoms with Crippen LogP contribution in [0.15, 0.2) is 24.4 Å². The minimum absolute atomic E-state index is 0.0401. The van der Waals surface area contributed by atoms with Gasteiger partial charge in [-0.25, -0.2) is 13.2 Å². The molecular formula is C19H24F3N3O2. The third-order valence-electron chi connectivity index (χ3n) is 4.65. The predicted octanol–water partition coefficient (Wildman–Crippen LogP) is 4.44. The number of hydrogen-bond acceptors (Lipinski definition) is 3. The standard InChI is InChI=1S/C19H24F3N3O2/c1-5-13(6-2)25-11(3)14(10-23-25)19(26)24-17(18(21)22)12-7-8-16(27-4)15(20)9-12/h7-10,13,17-18H,5-6H2,1-4H3,(H,24,26). The highest BCUT2D eigenvalue weighted by Crippen LogP contribution is 2.27. The van der Waals surface area contributed by atoms with Gasteiger partial charge in [0, 0.05) is 5.69 Å². The van der Waals surface area contributed by atoms with E-state index in [-0.39, 0.29) is 22.9 Å². The lowest BCUT2D eigenvalue weighted by Gasteiger charge is -2.19. The summed E-state index contributed by atoms with van der Waals surface area (Å²) in [6.45, 7) is 5.75. The van der Waals surface area contributed by atoms with Gasteiger partial charge in [-0.15, -0.1) is 0 Å². The second-order valence-corrected chi connectivity index (χ2v) is 6.24. The minimum Gasteiger partial charge on any atom is -0.494 e. The highest BCUT2D eigenvalue weighted by molar-refractivity contribution is 5.95. The third-order valence-corrected chi connectivity index (χ3v) is 4.65. The number of nitrogens with one attached hydrogen (secondary N) is 1. The number of carbonyl (C=O) groups excluding carboxylic acids is 1. The fourth-order valence-corrected chi connectivity index (χ4v) is 3.04. The van der Waals surface area contributed by atoms with E-state index in [2.05, 4.69) is 10.4 Å². The first-order chi connectivity index (χ1) is 12.8. The molecule has 0 radical (unpaired) electrons. The summed E-state index contributed by atoms with van der Waals surface area (Å²) in [7, 11) is 1.28. The Kier molecular flexibility index (Phi) is 6.87. The van der Waals surface area contributed by atoms with E-state index >= 15 is 0 Å². The van der Waals surface area contributed by atoms with E-state index in [0.29, 0.717) is 5.69 Å². The van der Waals surface area contributed by atoms with Crippen molar-refractivity contribution < 1.29 is 22.7 Å². The number of methoxy groups -OCH3 is 1. The van der Waals surface area contributed by atoms with Gasteiger partial charge in [-0.3, -0.25) is 9.48 Å². The smallest absolute Gasteiger partial charge is 0.262 e. The van der Waals surface area contributed by atoms with E-state index in [1.165, 1.54) is 25.4 Å². The van der Waals surface area contributed by atoms with Crippen molar-refractivity contribution >= 4 is 5.91 Å². The van der Waals surface area contributed by atoms with Gasteiger partial charge >= 0.3 is 0 Å². The summed E-state index contributed by atoms with van der Waals surface area (Å²) in [6.07, 6.45) is 0.145. The van der Waals surface area contributed by atoms with Gasteiger partial charge in [0.2, 0.25) is 0 Å². The molecule has 0 saturated heterocycles. The summed E-state index contributed by atoms with van der Waals surface area (Å²) in [6, 6.07) is 1.99. The van der Waals surface area contributed by atoms with Gasteiger partial charge in [0.25, 0.3) is 12.3 Å². The zero-order chi connectivity index (χ0) is 20.1. The van der Waals surface area contributed by atoms with Gasteiger partial charge in [0.05, 0.1) is 24.9 Å². The largest absolute Gasteiger partial charge is 0.494 e. The highest BCUT2D eigenvalue weighted by atomic mass is 19.3. The summed E-state index contributed by atoms with van der Waals surface area (Å²) in [5.41, 5.74) is 0.790. The molecule has 0 aliphatic rings. The molecule has 0 aliphatic heterocycles. The van der Waals surface area contributed by atoms with Crippen LogP contribution in [0.3, 0.4) is 0 Å². The van der Waals surface area contributed by atoms with Crippen molar-refractivity contribution in [1.82, 2.24) is 15.1 Å². The van der Waals surface area contributed by atoms with Crippen LogP contribution in [0, 0.1) is 12.7 Å². The highest BCUT2D eigenvalue weighted by Gasteiger charge is 2.27. The topological polar surface area (TPSA) is 56.2 Å². The number of hydrogen-bond donors (Lipinski definition) is 1. The number of halogens is 3. The molecule has 8 heteroatoms. The molecule has 0 spiro atoms. The van der Waals surface area contributed by atoms with Gasteiger partial charge < -0.3 is 10.1 Å². The van der Waals surface area contributed by atoms with Gasteiger partial charge in [-0.05, 0) is 37.5 Å². The SMILES string of the molecule is CCC(CC)n1ncc(C(=O)NC(c2ccc(OC)c(F)c2)C(F)F)c1C. The maximum absolute atomic E-state index is 13.9. The molecule has 27 heavy (non-hydrogen) atoms. The maximum Gasteiger partial charge on any atom is 0.262 e. The molecule has 2 aromatic rings. The Balaban J connectivity index is 2.27. The molecule has 1 aromatic heterocycles. The summed E-state index contributed by atoms with van der Waals surface area (Å²) in [4.78, 5) is 12.6. The van der Waals surface area contributed by atoms with Crippen LogP contribution in [0.25, 0.3) is 0 Å². The van der Waals surface area contributed by atoms with Crippen molar-refractivity contribution in [1.29, 1.82) is 0 Å². The molecule has 148 valence electrons. The lowest BCUT2D eigenvalue weighted by atomic mass is 10.1. The lowest BCUT2D eigenvalue weighted by Crippen LogP contribution is -2.33. The minimum atomic E-state index is -2.91. The molecule has 0 aliphatic carbocycles. The first kappa shape index (κ1) is 20.8. The van der Waals surface area contributed by atoms with Crippen molar-refractivity contribution in [2.24, 2.45) is 0 Å². The van der Waals surface area contributed by atoms with Crippen LogP contribution in [0.1, 0.15) is 60.4 Å². The molecule has 1 aromatic carbocycles. The van der Waals surface area contributed by atoms with Crippen LogP contribution in [0.2, 0.25) is 0 Å². The lowest BCUT2D eigenvalue weighted by molar-refractivity contribution is 0.0742. The fraction of sp³-hybridized carbons (Fsp3) is 0.474. The van der Waals surface area contributed by atoms with Crippen molar-refractivity contribution in [3.8, 4) is 5.75 Å². The third kappa shape index (κ3) is 4.43. The van der Waals surface area contributed by atoms with Crippen molar-refractivity contribution in [3.63, 3.8) is 0 Å². The summed E-state index contributed by atoms with van der Waals surface area (Å²) in [5.74, 6) is -1.50. The van der Waals surface area contributed by atoms with E-state index < -0.39 is 24.2 Å². The molecular weight excluding hydrogens is 359 g/mol. The molecule has 1 heterocycles. The van der Waals surface area contributed by atoms with E-state index in [1.54, 1.807) is 11.6 Å². The summed E-state index contributed by atoms with van der Waals surface area (Å²) in [5, 5.41) is 6.53. The number of aromatic nitrogens is 2. The molecule has 2 rings (SSSR count). The summed E-state index contributed by atoms with van der Waals surface area (Å²) >= 11 is 0. The number of ether oxygens (including phenoxy) is 1. The first-order valence-corrected chi connectivity index (χ1v) is 8.80. The van der Waals surface area contributed by atoms with Crippen molar-refractivity contribution in [3.05, 3.63) is 47.0 Å². The van der Waals surface area contributed by atoms with Crippen LogP contribution in [-0.4, -0.2) is 29.2 Å². The number of carbonyl (C=O) groups is 1. The molecule has 1 N–H and O–H groups in total. The van der Waals surface area contributed by atoms with Crippen LogP contribution >= 0.6 is 0 Å². The second-order valence-electron chi connectivity index (χ2n) is 6.24. The molecule has 1 unspecified atom stereocenters. The Bertz CT molecular complexity index is 789. The second kappa shape index (κ2) is 8.92. The van der Waals surface area contributed by atoms with E-state index in [0.717, 1.165) is 18.9 Å². The van der Waals surface area contributed by atoms with Gasteiger partial charge in [-0.2, -0.15) is 5.10 Å². The van der Waals surface area contributed by atoms with E-state index in [1.807, 2.05) is 13.8 Å². The fourth-order valence-electron chi connectivity index (χ4n) is 3.04. The Labute approximate surface area is 156 Å². The van der Waals surface area contributed by atoms with Gasteiger partial charge in [-0.1, -0.05) is 19.9 Å². The predicted molar refractivity (Wildman–Crippen MR) is 95.7 cm³/mol. The molecule has 0 bridgehead atoms. The maximum atomic E-state index is 13.9. The molecule has 1 atom stereocenters. The van der Waals surface area contributed by atoms with Gasteiger partial charge in [0.15, 0.2) is 11.6 Å². The van der Waals surface area contributed by atoms with Crippen LogP contribution in [-0.2, 0) is 0 Å². The Morgan fingerprint density at radius 1 is 1.30 bits per heavy atom. The number of alkyl halides is 2. The quantitative estimate of drug-likeness (QED) is 0.733. The van der Waals surface area contributed by atoms with Crippen LogP contribution < -0.4 is 10.1 Å². The Morgan fingerprint density at radius 3 is 2.48 bits per heavy atom. The zero-order valence-electron chi connectivity index (χ0n) is 15.8. The van der Waals surface area contributed by atoms with E-state index in [4.69, 9.17) is 4.74 Å².